The molecule has 0 unspecified atom stereocenters. The minimum Gasteiger partial charge on any atom is -0.377 e. The molecule has 1 saturated heterocycles. The predicted molar refractivity (Wildman–Crippen MR) is 86.1 cm³/mol. The molecule has 122 valence electrons. The van der Waals surface area contributed by atoms with Gasteiger partial charge in [-0.3, -0.25) is 0 Å². The summed E-state index contributed by atoms with van der Waals surface area (Å²) in [5.41, 5.74) is 0.917. The van der Waals surface area contributed by atoms with Gasteiger partial charge in [-0.2, -0.15) is 0 Å². The quantitative estimate of drug-likeness (QED) is 0.857. The van der Waals surface area contributed by atoms with Crippen LogP contribution >= 0.6 is 0 Å². The Balaban J connectivity index is 1.71. The summed E-state index contributed by atoms with van der Waals surface area (Å²) < 4.78 is 18.9. The van der Waals surface area contributed by atoms with Crippen LogP contribution in [-0.2, 0) is 11.3 Å². The first-order chi connectivity index (χ1) is 11.2. The lowest BCUT2D eigenvalue weighted by molar-refractivity contribution is 0.177. The number of nitrogens with zero attached hydrogens (tertiary/aromatic N) is 5. The third-order valence-corrected chi connectivity index (χ3v) is 3.80. The summed E-state index contributed by atoms with van der Waals surface area (Å²) in [5, 5.41) is 0. The fourth-order valence-electron chi connectivity index (χ4n) is 2.73. The molecule has 0 aliphatic carbocycles. The number of hydrogen-bond donors (Lipinski definition) is 0. The highest BCUT2D eigenvalue weighted by Crippen LogP contribution is 2.20. The van der Waals surface area contributed by atoms with Crippen LogP contribution in [-0.4, -0.2) is 48.2 Å². The summed E-state index contributed by atoms with van der Waals surface area (Å²) in [5.74, 6) is 1.72. The van der Waals surface area contributed by atoms with E-state index in [2.05, 4.69) is 19.9 Å². The van der Waals surface area contributed by atoms with E-state index < -0.39 is 0 Å². The monoisotopic (exact) mass is 317 g/mol. The molecule has 0 bridgehead atoms. The molecule has 0 radical (unpaired) electrons. The highest BCUT2D eigenvalue weighted by Gasteiger charge is 2.21. The van der Waals surface area contributed by atoms with Gasteiger partial charge in [-0.05, 0) is 19.1 Å². The van der Waals surface area contributed by atoms with E-state index in [0.29, 0.717) is 31.3 Å². The molecule has 2 aromatic rings. The molecule has 0 atom stereocenters. The second-order valence-corrected chi connectivity index (χ2v) is 5.50. The Kier molecular flexibility index (Phi) is 4.66. The van der Waals surface area contributed by atoms with Crippen LogP contribution in [0.2, 0.25) is 0 Å². The normalized spacial score (nSPS) is 15.1. The largest absolute Gasteiger partial charge is 0.377 e. The first-order valence-electron chi connectivity index (χ1n) is 7.61. The van der Waals surface area contributed by atoms with Gasteiger partial charge in [0, 0.05) is 51.2 Å². The molecule has 0 N–H and O–H groups in total. The van der Waals surface area contributed by atoms with Gasteiger partial charge in [0.1, 0.15) is 12.4 Å². The Morgan fingerprint density at radius 1 is 1.17 bits per heavy atom. The molecule has 2 aromatic heterocycles. The maximum Gasteiger partial charge on any atom is 0.165 e. The van der Waals surface area contributed by atoms with Crippen LogP contribution in [0.3, 0.4) is 0 Å². The van der Waals surface area contributed by atoms with Gasteiger partial charge in [0.25, 0.3) is 0 Å². The van der Waals surface area contributed by atoms with Crippen LogP contribution in [0, 0.1) is 12.7 Å². The Hall–Kier alpha value is -2.28. The zero-order chi connectivity index (χ0) is 16.2. The molecule has 1 fully saturated rings. The molecule has 0 amide bonds. The Morgan fingerprint density at radius 2 is 1.91 bits per heavy atom. The van der Waals surface area contributed by atoms with Crippen LogP contribution in [0.5, 0.6) is 0 Å². The minimum absolute atomic E-state index is 0.277. The lowest BCUT2D eigenvalue weighted by Crippen LogP contribution is -2.47. The number of rotatable bonds is 4. The third kappa shape index (κ3) is 3.56. The first kappa shape index (κ1) is 15.6. The summed E-state index contributed by atoms with van der Waals surface area (Å²) >= 11 is 0. The number of aryl methyl sites for hydroxylation is 1. The van der Waals surface area contributed by atoms with Crippen molar-refractivity contribution < 1.29 is 9.13 Å². The number of ether oxygens (including phenoxy) is 1. The number of anilines is 2. The lowest BCUT2D eigenvalue weighted by Gasteiger charge is -2.36. The molecule has 7 heteroatoms. The second kappa shape index (κ2) is 6.87. The summed E-state index contributed by atoms with van der Waals surface area (Å²) in [6.07, 6.45) is 1.62. The standard InChI is InChI=1S/C16H20FN5O/c1-12-10-15(20-14(19-12)11-23-2)21-6-8-22(9-7-21)16-13(17)4-3-5-18-16/h3-5,10H,6-9,11H2,1-2H3. The van der Waals surface area contributed by atoms with Crippen molar-refractivity contribution in [3.05, 3.63) is 41.7 Å². The van der Waals surface area contributed by atoms with Gasteiger partial charge in [0.2, 0.25) is 0 Å². The zero-order valence-corrected chi connectivity index (χ0v) is 13.4. The molecule has 0 aromatic carbocycles. The van der Waals surface area contributed by atoms with Gasteiger partial charge in [-0.25, -0.2) is 19.3 Å². The Bertz CT molecular complexity index is 673. The van der Waals surface area contributed by atoms with E-state index in [1.807, 2.05) is 17.9 Å². The minimum atomic E-state index is -0.277. The smallest absolute Gasteiger partial charge is 0.165 e. The van der Waals surface area contributed by atoms with Crippen LogP contribution < -0.4 is 9.80 Å². The molecular weight excluding hydrogens is 297 g/mol. The fourth-order valence-corrected chi connectivity index (χ4v) is 2.73. The van der Waals surface area contributed by atoms with Crippen molar-refractivity contribution >= 4 is 11.6 Å². The number of halogens is 1. The fraction of sp³-hybridized carbons (Fsp3) is 0.438. The molecule has 1 aliphatic heterocycles. The molecule has 6 nitrogen and oxygen atoms in total. The number of piperazine rings is 1. The van der Waals surface area contributed by atoms with E-state index in [4.69, 9.17) is 4.74 Å². The van der Waals surface area contributed by atoms with Crippen LogP contribution in [0.15, 0.2) is 24.4 Å². The SMILES string of the molecule is COCc1nc(C)cc(N2CCN(c3ncccc3F)CC2)n1. The molecule has 0 saturated carbocycles. The van der Waals surface area contributed by atoms with Gasteiger partial charge in [0.05, 0.1) is 0 Å². The zero-order valence-electron chi connectivity index (χ0n) is 13.4. The summed E-state index contributed by atoms with van der Waals surface area (Å²) in [7, 11) is 1.63. The van der Waals surface area contributed by atoms with Crippen molar-refractivity contribution in [3.63, 3.8) is 0 Å². The lowest BCUT2D eigenvalue weighted by atomic mass is 10.3. The maximum absolute atomic E-state index is 13.8. The van der Waals surface area contributed by atoms with E-state index in [-0.39, 0.29) is 5.82 Å². The van der Waals surface area contributed by atoms with E-state index in [0.717, 1.165) is 24.6 Å². The van der Waals surface area contributed by atoms with Gasteiger partial charge in [-0.1, -0.05) is 0 Å². The van der Waals surface area contributed by atoms with Crippen molar-refractivity contribution in [1.29, 1.82) is 0 Å². The predicted octanol–water partition coefficient (Wildman–Crippen LogP) is 1.79. The van der Waals surface area contributed by atoms with Crippen molar-refractivity contribution in [2.45, 2.75) is 13.5 Å². The van der Waals surface area contributed by atoms with Crippen LogP contribution in [0.1, 0.15) is 11.5 Å². The van der Waals surface area contributed by atoms with Crippen LogP contribution in [0.25, 0.3) is 0 Å². The van der Waals surface area contributed by atoms with Gasteiger partial charge < -0.3 is 14.5 Å². The highest BCUT2D eigenvalue weighted by molar-refractivity contribution is 5.45. The molecule has 3 rings (SSSR count). The van der Waals surface area contributed by atoms with Gasteiger partial charge >= 0.3 is 0 Å². The summed E-state index contributed by atoms with van der Waals surface area (Å²) in [4.78, 5) is 17.2. The van der Waals surface area contributed by atoms with Crippen molar-refractivity contribution in [1.82, 2.24) is 15.0 Å². The first-order valence-corrected chi connectivity index (χ1v) is 7.61. The van der Waals surface area contributed by atoms with E-state index in [9.17, 15) is 4.39 Å². The summed E-state index contributed by atoms with van der Waals surface area (Å²) in [6.45, 7) is 5.28. The topological polar surface area (TPSA) is 54.4 Å². The van der Waals surface area contributed by atoms with E-state index in [1.165, 1.54) is 6.07 Å². The van der Waals surface area contributed by atoms with Crippen molar-refractivity contribution in [2.75, 3.05) is 43.1 Å². The summed E-state index contributed by atoms with van der Waals surface area (Å²) in [6, 6.07) is 5.02. The molecule has 1 aliphatic rings. The molecule has 3 heterocycles. The highest BCUT2D eigenvalue weighted by atomic mass is 19.1. The second-order valence-electron chi connectivity index (χ2n) is 5.50. The average molecular weight is 317 g/mol. The van der Waals surface area contributed by atoms with E-state index in [1.54, 1.807) is 19.4 Å². The Morgan fingerprint density at radius 3 is 2.61 bits per heavy atom. The maximum atomic E-state index is 13.8. The van der Waals surface area contributed by atoms with Gasteiger partial charge in [-0.15, -0.1) is 0 Å². The number of pyridine rings is 1. The number of aromatic nitrogens is 3. The molecule has 0 spiro atoms. The average Bonchev–Trinajstić information content (AvgIpc) is 2.55. The number of hydrogen-bond acceptors (Lipinski definition) is 6. The third-order valence-electron chi connectivity index (χ3n) is 3.80. The Labute approximate surface area is 134 Å². The van der Waals surface area contributed by atoms with Gasteiger partial charge in [0.15, 0.2) is 17.5 Å². The van der Waals surface area contributed by atoms with Crippen molar-refractivity contribution in [2.24, 2.45) is 0 Å². The van der Waals surface area contributed by atoms with Crippen LogP contribution in [0.4, 0.5) is 16.0 Å². The van der Waals surface area contributed by atoms with E-state index >= 15 is 0 Å². The molecule has 23 heavy (non-hydrogen) atoms. The van der Waals surface area contributed by atoms with Crippen molar-refractivity contribution in [3.8, 4) is 0 Å². The number of methoxy groups -OCH3 is 1. The molecular formula is C16H20FN5O.